The van der Waals surface area contributed by atoms with Crippen LogP contribution in [0.5, 0.6) is 5.75 Å². The first kappa shape index (κ1) is 15.4. The molecule has 0 bridgehead atoms. The van der Waals surface area contributed by atoms with E-state index in [1.807, 2.05) is 24.3 Å². The van der Waals surface area contributed by atoms with E-state index in [2.05, 4.69) is 0 Å². The lowest BCUT2D eigenvalue weighted by Crippen LogP contribution is -2.16. The van der Waals surface area contributed by atoms with Crippen molar-refractivity contribution in [3.8, 4) is 16.9 Å². The smallest absolute Gasteiger partial charge is 0.285 e. The highest BCUT2D eigenvalue weighted by atomic mass is 32.2. The molecule has 1 amide bonds. The van der Waals surface area contributed by atoms with Crippen molar-refractivity contribution in [2.75, 3.05) is 21.2 Å². The molecule has 0 saturated carbocycles. The van der Waals surface area contributed by atoms with Gasteiger partial charge in [-0.2, -0.15) is 0 Å². The molecule has 0 aromatic heterocycles. The average molecular weight is 305 g/mol. The molecule has 0 heterocycles. The molecule has 0 aliphatic rings. The monoisotopic (exact) mass is 305 g/mol. The number of rotatable bonds is 3. The van der Waals surface area contributed by atoms with E-state index < -0.39 is 0 Å². The Labute approximate surface area is 127 Å². The molecule has 0 fully saturated rings. The maximum atomic E-state index is 13.5. The first-order chi connectivity index (χ1) is 10.0. The normalized spacial score (nSPS) is 10.3. The van der Waals surface area contributed by atoms with E-state index >= 15 is 0 Å². The van der Waals surface area contributed by atoms with Crippen LogP contribution in [0.2, 0.25) is 0 Å². The van der Waals surface area contributed by atoms with E-state index in [-0.39, 0.29) is 11.1 Å². The first-order valence-corrected chi connectivity index (χ1v) is 7.16. The quantitative estimate of drug-likeness (QED) is 0.793. The minimum Gasteiger partial charge on any atom is -0.497 e. The van der Waals surface area contributed by atoms with Gasteiger partial charge in [0.05, 0.1) is 7.11 Å². The number of methoxy groups -OCH3 is 1. The minimum atomic E-state index is -0.331. The summed E-state index contributed by atoms with van der Waals surface area (Å²) in [5.74, 6) is 0.399. The summed E-state index contributed by atoms with van der Waals surface area (Å²) in [5, 5.41) is -0.101. The van der Waals surface area contributed by atoms with Gasteiger partial charge in [0.15, 0.2) is 0 Å². The molecule has 21 heavy (non-hydrogen) atoms. The maximum Gasteiger partial charge on any atom is 0.285 e. The predicted octanol–water partition coefficient (Wildman–Crippen LogP) is 4.28. The molecule has 5 heteroatoms. The second-order valence-corrected chi connectivity index (χ2v) is 5.62. The second-order valence-electron chi connectivity index (χ2n) is 4.63. The van der Waals surface area contributed by atoms with Crippen molar-refractivity contribution in [1.29, 1.82) is 0 Å². The van der Waals surface area contributed by atoms with Gasteiger partial charge in [0, 0.05) is 19.0 Å². The number of halogens is 1. The molecule has 0 unspecified atom stereocenters. The summed E-state index contributed by atoms with van der Waals surface area (Å²) in [7, 11) is 4.96. The van der Waals surface area contributed by atoms with Gasteiger partial charge < -0.3 is 9.64 Å². The summed E-state index contributed by atoms with van der Waals surface area (Å²) in [5.41, 5.74) is 1.53. The van der Waals surface area contributed by atoms with Crippen molar-refractivity contribution in [3.63, 3.8) is 0 Å². The zero-order valence-electron chi connectivity index (χ0n) is 12.1. The van der Waals surface area contributed by atoms with Crippen molar-refractivity contribution < 1.29 is 13.9 Å². The van der Waals surface area contributed by atoms with Crippen LogP contribution in [0.3, 0.4) is 0 Å². The average Bonchev–Trinajstić information content (AvgIpc) is 2.49. The number of ether oxygens (including phenoxy) is 1. The lowest BCUT2D eigenvalue weighted by molar-refractivity contribution is 0.241. The zero-order valence-corrected chi connectivity index (χ0v) is 12.9. The Bertz CT molecular complexity index is 641. The molecular formula is C16H16FNO2S. The molecule has 0 N–H and O–H groups in total. The Kier molecular flexibility index (Phi) is 4.85. The van der Waals surface area contributed by atoms with Crippen LogP contribution in [0, 0.1) is 5.82 Å². The molecule has 0 atom stereocenters. The van der Waals surface area contributed by atoms with Gasteiger partial charge in [-0.3, -0.25) is 4.79 Å². The van der Waals surface area contributed by atoms with Crippen LogP contribution in [0.4, 0.5) is 9.18 Å². The van der Waals surface area contributed by atoms with Gasteiger partial charge >= 0.3 is 0 Å². The van der Waals surface area contributed by atoms with Crippen molar-refractivity contribution >= 4 is 17.0 Å². The zero-order chi connectivity index (χ0) is 15.4. The van der Waals surface area contributed by atoms with Gasteiger partial charge in [-0.25, -0.2) is 4.39 Å². The summed E-state index contributed by atoms with van der Waals surface area (Å²) < 4.78 is 18.7. The van der Waals surface area contributed by atoms with Gasteiger partial charge in [-0.05, 0) is 53.2 Å². The molecule has 0 spiro atoms. The molecule has 0 saturated heterocycles. The Balaban J connectivity index is 2.40. The second kappa shape index (κ2) is 6.63. The van der Waals surface area contributed by atoms with Crippen molar-refractivity contribution in [1.82, 2.24) is 4.90 Å². The molecule has 110 valence electrons. The number of amides is 1. The van der Waals surface area contributed by atoms with Crippen LogP contribution < -0.4 is 4.74 Å². The van der Waals surface area contributed by atoms with E-state index in [4.69, 9.17) is 4.74 Å². The molecule has 0 radical (unpaired) electrons. The molecular weight excluding hydrogens is 289 g/mol. The Hall–Kier alpha value is -2.01. The summed E-state index contributed by atoms with van der Waals surface area (Å²) in [6, 6.07) is 11.7. The molecule has 3 nitrogen and oxygen atoms in total. The summed E-state index contributed by atoms with van der Waals surface area (Å²) in [4.78, 5) is 14.1. The van der Waals surface area contributed by atoms with E-state index in [0.717, 1.165) is 28.0 Å². The number of carbonyl (C=O) groups excluding carboxylic acids is 1. The van der Waals surface area contributed by atoms with Gasteiger partial charge in [-0.1, -0.05) is 12.1 Å². The topological polar surface area (TPSA) is 29.5 Å². The van der Waals surface area contributed by atoms with E-state index in [1.165, 1.54) is 17.0 Å². The summed E-state index contributed by atoms with van der Waals surface area (Å²) in [6.45, 7) is 0. The van der Waals surface area contributed by atoms with Crippen LogP contribution in [-0.2, 0) is 0 Å². The van der Waals surface area contributed by atoms with Gasteiger partial charge in [0.1, 0.15) is 11.6 Å². The fourth-order valence-corrected chi connectivity index (χ4v) is 2.57. The number of carbonyl (C=O) groups is 1. The number of hydrogen-bond donors (Lipinski definition) is 0. The van der Waals surface area contributed by atoms with Crippen LogP contribution in [0.15, 0.2) is 47.4 Å². The lowest BCUT2D eigenvalue weighted by atomic mass is 10.1. The van der Waals surface area contributed by atoms with Crippen LogP contribution in [-0.4, -0.2) is 31.3 Å². The third-order valence-electron chi connectivity index (χ3n) is 2.91. The maximum absolute atomic E-state index is 13.5. The number of hydrogen-bond acceptors (Lipinski definition) is 3. The van der Waals surface area contributed by atoms with E-state index in [1.54, 1.807) is 27.3 Å². The Morgan fingerprint density at radius 3 is 2.38 bits per heavy atom. The fourth-order valence-electron chi connectivity index (χ4n) is 1.77. The molecule has 2 aromatic carbocycles. The van der Waals surface area contributed by atoms with Crippen molar-refractivity contribution in [2.24, 2.45) is 0 Å². The number of nitrogens with zero attached hydrogens (tertiary/aromatic N) is 1. The predicted molar refractivity (Wildman–Crippen MR) is 83.3 cm³/mol. The van der Waals surface area contributed by atoms with Crippen molar-refractivity contribution in [2.45, 2.75) is 4.90 Å². The largest absolute Gasteiger partial charge is 0.497 e. The summed E-state index contributed by atoms with van der Waals surface area (Å²) in [6.07, 6.45) is 0. The van der Waals surface area contributed by atoms with Crippen LogP contribution in [0.1, 0.15) is 0 Å². The summed E-state index contributed by atoms with van der Waals surface area (Å²) >= 11 is 1.08. The van der Waals surface area contributed by atoms with E-state index in [9.17, 15) is 9.18 Å². The molecule has 2 aromatic rings. The molecule has 2 rings (SSSR count). The highest BCUT2D eigenvalue weighted by Gasteiger charge is 2.13. The highest BCUT2D eigenvalue weighted by molar-refractivity contribution is 8.13. The third kappa shape index (κ3) is 3.76. The Morgan fingerprint density at radius 2 is 1.81 bits per heavy atom. The fraction of sp³-hybridized carbons (Fsp3) is 0.188. The highest BCUT2D eigenvalue weighted by Crippen LogP contribution is 2.34. The van der Waals surface area contributed by atoms with Gasteiger partial charge in [0.25, 0.3) is 5.24 Å². The number of benzene rings is 2. The minimum absolute atomic E-state index is 0.101. The van der Waals surface area contributed by atoms with Gasteiger partial charge in [0.2, 0.25) is 0 Å². The molecule has 0 aliphatic carbocycles. The van der Waals surface area contributed by atoms with Gasteiger partial charge in [-0.15, -0.1) is 0 Å². The molecule has 0 aliphatic heterocycles. The first-order valence-electron chi connectivity index (χ1n) is 6.34. The standard InChI is InChI=1S/C16H16FNO2S/c1-18(2)16(19)21-15-9-6-12(17)10-14(15)11-4-7-13(20-3)8-5-11/h4-10H,1-3H3. The number of thioether (sulfide) groups is 1. The van der Waals surface area contributed by atoms with Crippen molar-refractivity contribution in [3.05, 3.63) is 48.3 Å². The van der Waals surface area contributed by atoms with Crippen LogP contribution in [0.25, 0.3) is 11.1 Å². The van der Waals surface area contributed by atoms with Crippen LogP contribution >= 0.6 is 11.8 Å². The lowest BCUT2D eigenvalue weighted by Gasteiger charge is -2.13. The third-order valence-corrected chi connectivity index (χ3v) is 4.02. The van der Waals surface area contributed by atoms with E-state index in [0.29, 0.717) is 5.56 Å². The SMILES string of the molecule is COc1ccc(-c2cc(F)ccc2SC(=O)N(C)C)cc1. The Morgan fingerprint density at radius 1 is 1.14 bits per heavy atom.